The van der Waals surface area contributed by atoms with Gasteiger partial charge >= 0.3 is 0 Å². The summed E-state index contributed by atoms with van der Waals surface area (Å²) in [5.74, 6) is -0.272. The largest absolute Gasteiger partial charge is 0.330 e. The number of nitrogens with zero attached hydrogens (tertiary/aromatic N) is 2. The quantitative estimate of drug-likeness (QED) is 0.642. The highest BCUT2D eigenvalue weighted by molar-refractivity contribution is 6.31. The molecule has 0 aliphatic rings. The second-order valence-electron chi connectivity index (χ2n) is 6.47. The van der Waals surface area contributed by atoms with Crippen molar-refractivity contribution in [3.05, 3.63) is 86.4 Å². The van der Waals surface area contributed by atoms with E-state index >= 15 is 0 Å². The molecule has 0 unspecified atom stereocenters. The minimum absolute atomic E-state index is 0. The van der Waals surface area contributed by atoms with Crippen LogP contribution in [0.15, 0.2) is 53.3 Å². The minimum Gasteiger partial charge on any atom is -0.330 e. The summed E-state index contributed by atoms with van der Waals surface area (Å²) in [4.78, 5) is 12.9. The number of aromatic nitrogens is 2. The Kier molecular flexibility index (Phi) is 7.75. The maximum Gasteiger partial charge on any atom is 0.270 e. The first-order valence-electron chi connectivity index (χ1n) is 8.80. The first-order chi connectivity index (χ1) is 13.0. The van der Waals surface area contributed by atoms with Crippen LogP contribution in [0.2, 0.25) is 5.02 Å². The number of nitrogens with two attached hydrogens (primary N) is 1. The van der Waals surface area contributed by atoms with E-state index in [2.05, 4.69) is 5.10 Å². The molecule has 0 radical (unpaired) electrons. The molecule has 2 aromatic carbocycles. The maximum atomic E-state index is 13.6. The first kappa shape index (κ1) is 22.1. The van der Waals surface area contributed by atoms with E-state index in [0.29, 0.717) is 41.2 Å². The average Bonchev–Trinajstić information content (AvgIpc) is 2.66. The van der Waals surface area contributed by atoms with E-state index in [0.717, 1.165) is 11.1 Å². The van der Waals surface area contributed by atoms with Crippen molar-refractivity contribution in [2.24, 2.45) is 5.73 Å². The van der Waals surface area contributed by atoms with E-state index in [1.54, 1.807) is 31.2 Å². The average molecular weight is 422 g/mol. The van der Waals surface area contributed by atoms with Gasteiger partial charge in [-0.25, -0.2) is 9.07 Å². The maximum absolute atomic E-state index is 13.6. The molecule has 0 fully saturated rings. The Morgan fingerprint density at radius 3 is 2.57 bits per heavy atom. The zero-order valence-corrected chi connectivity index (χ0v) is 17.1. The van der Waals surface area contributed by atoms with Crippen LogP contribution in [0.3, 0.4) is 0 Å². The van der Waals surface area contributed by atoms with Crippen LogP contribution >= 0.6 is 24.0 Å². The van der Waals surface area contributed by atoms with Gasteiger partial charge in [0.05, 0.1) is 12.2 Å². The Labute approximate surface area is 174 Å². The summed E-state index contributed by atoms with van der Waals surface area (Å²) in [6, 6.07) is 13.9. The molecule has 4 nitrogen and oxygen atoms in total. The summed E-state index contributed by atoms with van der Waals surface area (Å²) >= 11 is 6.24. The van der Waals surface area contributed by atoms with Crippen LogP contribution in [0.5, 0.6) is 0 Å². The molecule has 3 rings (SSSR count). The van der Waals surface area contributed by atoms with Gasteiger partial charge < -0.3 is 5.73 Å². The van der Waals surface area contributed by atoms with Gasteiger partial charge in [0.15, 0.2) is 0 Å². The van der Waals surface area contributed by atoms with E-state index in [-0.39, 0.29) is 30.3 Å². The molecule has 7 heteroatoms. The van der Waals surface area contributed by atoms with E-state index < -0.39 is 0 Å². The van der Waals surface area contributed by atoms with Crippen LogP contribution < -0.4 is 11.3 Å². The fourth-order valence-electron chi connectivity index (χ4n) is 2.91. The zero-order chi connectivity index (χ0) is 19.4. The van der Waals surface area contributed by atoms with Crippen molar-refractivity contribution in [1.29, 1.82) is 0 Å². The van der Waals surface area contributed by atoms with Crippen LogP contribution in [0, 0.1) is 12.7 Å². The lowest BCUT2D eigenvalue weighted by molar-refractivity contribution is 0.617. The fourth-order valence-corrected chi connectivity index (χ4v) is 3.10. The van der Waals surface area contributed by atoms with Crippen LogP contribution in [-0.4, -0.2) is 16.3 Å². The molecular weight excluding hydrogens is 400 g/mol. The molecule has 0 amide bonds. The molecular formula is C21H22Cl2FN3O. The predicted octanol–water partition coefficient (Wildman–Crippen LogP) is 4.37. The SMILES string of the molecule is Cc1cc(-c2cc(CCCN)c(=O)n(Cc3ccccc3Cl)n2)ccc1F.Cl. The van der Waals surface area contributed by atoms with Gasteiger partial charge in [-0.15, -0.1) is 12.4 Å². The number of benzene rings is 2. The standard InChI is InChI=1S/C21H21ClFN3O.ClH/c1-14-11-15(8-9-19(14)23)20-12-16(6-4-10-24)21(27)26(25-20)13-17-5-2-3-7-18(17)22;/h2-3,5,7-9,11-12H,4,6,10,13,24H2,1H3;1H. The van der Waals surface area contributed by atoms with E-state index in [1.807, 2.05) is 18.2 Å². The summed E-state index contributed by atoms with van der Waals surface area (Å²) < 4.78 is 15.0. The van der Waals surface area contributed by atoms with Gasteiger partial charge in [-0.05, 0) is 67.8 Å². The highest BCUT2D eigenvalue weighted by Crippen LogP contribution is 2.21. The van der Waals surface area contributed by atoms with Crippen LogP contribution in [0.4, 0.5) is 4.39 Å². The smallest absolute Gasteiger partial charge is 0.270 e. The highest BCUT2D eigenvalue weighted by atomic mass is 35.5. The van der Waals surface area contributed by atoms with Crippen molar-refractivity contribution in [2.75, 3.05) is 6.54 Å². The number of hydrogen-bond acceptors (Lipinski definition) is 3. The van der Waals surface area contributed by atoms with E-state index in [9.17, 15) is 9.18 Å². The number of halogens is 3. The lowest BCUT2D eigenvalue weighted by Gasteiger charge is -2.12. The van der Waals surface area contributed by atoms with Gasteiger partial charge in [-0.1, -0.05) is 29.8 Å². The van der Waals surface area contributed by atoms with Crippen LogP contribution in [0.25, 0.3) is 11.3 Å². The Morgan fingerprint density at radius 1 is 1.14 bits per heavy atom. The molecule has 0 spiro atoms. The Bertz CT molecular complexity index is 1020. The fraction of sp³-hybridized carbons (Fsp3) is 0.238. The number of aryl methyl sites for hydroxylation is 2. The Hall–Kier alpha value is -2.21. The first-order valence-corrected chi connectivity index (χ1v) is 9.18. The van der Waals surface area contributed by atoms with Crippen molar-refractivity contribution < 1.29 is 4.39 Å². The van der Waals surface area contributed by atoms with Crippen molar-refractivity contribution in [2.45, 2.75) is 26.3 Å². The molecule has 3 aromatic rings. The third kappa shape index (κ3) is 4.98. The monoisotopic (exact) mass is 421 g/mol. The van der Waals surface area contributed by atoms with Gasteiger partial charge in [0.25, 0.3) is 5.56 Å². The van der Waals surface area contributed by atoms with Gasteiger partial charge in [0.1, 0.15) is 5.82 Å². The van der Waals surface area contributed by atoms with Crippen LogP contribution in [-0.2, 0) is 13.0 Å². The third-order valence-corrected chi connectivity index (χ3v) is 4.80. The molecule has 0 bridgehead atoms. The molecule has 28 heavy (non-hydrogen) atoms. The molecule has 0 aliphatic heterocycles. The van der Waals surface area contributed by atoms with Gasteiger partial charge in [-0.3, -0.25) is 4.79 Å². The van der Waals surface area contributed by atoms with Crippen LogP contribution in [0.1, 0.15) is 23.1 Å². The molecule has 1 aromatic heterocycles. The second-order valence-corrected chi connectivity index (χ2v) is 6.87. The highest BCUT2D eigenvalue weighted by Gasteiger charge is 2.12. The normalized spacial score (nSPS) is 10.6. The van der Waals surface area contributed by atoms with E-state index in [1.165, 1.54) is 10.7 Å². The third-order valence-electron chi connectivity index (χ3n) is 4.43. The molecule has 0 saturated carbocycles. The summed E-state index contributed by atoms with van der Waals surface area (Å²) in [7, 11) is 0. The predicted molar refractivity (Wildman–Crippen MR) is 114 cm³/mol. The lowest BCUT2D eigenvalue weighted by atomic mass is 10.1. The summed E-state index contributed by atoms with van der Waals surface area (Å²) in [6.45, 7) is 2.47. The molecule has 0 atom stereocenters. The zero-order valence-electron chi connectivity index (χ0n) is 15.5. The number of rotatable bonds is 6. The second kappa shape index (κ2) is 9.82. The Balaban J connectivity index is 0.00000280. The van der Waals surface area contributed by atoms with Crippen molar-refractivity contribution >= 4 is 24.0 Å². The van der Waals surface area contributed by atoms with Crippen molar-refractivity contribution in [3.63, 3.8) is 0 Å². The topological polar surface area (TPSA) is 60.9 Å². The minimum atomic E-state index is -0.272. The molecule has 0 aliphatic carbocycles. The van der Waals surface area contributed by atoms with Gasteiger partial charge in [0, 0.05) is 16.1 Å². The summed E-state index contributed by atoms with van der Waals surface area (Å²) in [5.41, 5.74) is 8.81. The summed E-state index contributed by atoms with van der Waals surface area (Å²) in [6.07, 6.45) is 1.26. The van der Waals surface area contributed by atoms with Gasteiger partial charge in [0.2, 0.25) is 0 Å². The van der Waals surface area contributed by atoms with Gasteiger partial charge in [-0.2, -0.15) is 5.10 Å². The van der Waals surface area contributed by atoms with Crippen molar-refractivity contribution in [1.82, 2.24) is 9.78 Å². The van der Waals surface area contributed by atoms with E-state index in [4.69, 9.17) is 17.3 Å². The van der Waals surface area contributed by atoms with Crippen molar-refractivity contribution in [3.8, 4) is 11.3 Å². The molecule has 2 N–H and O–H groups in total. The Morgan fingerprint density at radius 2 is 1.89 bits per heavy atom. The number of hydrogen-bond donors (Lipinski definition) is 1. The summed E-state index contributed by atoms with van der Waals surface area (Å²) in [5, 5.41) is 5.09. The molecule has 148 valence electrons. The molecule has 0 saturated heterocycles. The molecule has 1 heterocycles. The lowest BCUT2D eigenvalue weighted by Crippen LogP contribution is -2.27.